The quantitative estimate of drug-likeness (QED) is 0.804. The normalized spacial score (nSPS) is 11.4. The number of hydrogen-bond donors (Lipinski definition) is 1. The first-order chi connectivity index (χ1) is 6.91. The molecule has 0 unspecified atom stereocenters. The van der Waals surface area contributed by atoms with Crippen LogP contribution in [0, 0.1) is 5.82 Å². The number of thioether (sulfide) groups is 1. The van der Waals surface area contributed by atoms with Crippen LogP contribution in [-0.4, -0.2) is 15.8 Å². The zero-order chi connectivity index (χ0) is 11.5. The summed E-state index contributed by atoms with van der Waals surface area (Å²) < 4.78 is 12.8. The summed E-state index contributed by atoms with van der Waals surface area (Å²) in [6.07, 6.45) is 0.00595. The Morgan fingerprint density at radius 1 is 1.47 bits per heavy atom. The van der Waals surface area contributed by atoms with Crippen molar-refractivity contribution in [2.45, 2.75) is 29.9 Å². The van der Waals surface area contributed by atoms with Crippen molar-refractivity contribution in [1.29, 1.82) is 0 Å². The van der Waals surface area contributed by atoms with E-state index < -0.39 is 10.7 Å². The maximum Gasteiger partial charge on any atom is 0.304 e. The molecule has 1 aromatic carbocycles. The lowest BCUT2D eigenvalue weighted by Gasteiger charge is -2.21. The number of carboxylic acid groups (broad SMARTS) is 1. The second kappa shape index (κ2) is 4.66. The van der Waals surface area contributed by atoms with Crippen LogP contribution in [0.1, 0.15) is 20.3 Å². The molecule has 0 bridgehead atoms. The molecule has 1 aromatic rings. The van der Waals surface area contributed by atoms with Gasteiger partial charge in [-0.15, -0.1) is 11.8 Å². The van der Waals surface area contributed by atoms with Gasteiger partial charge in [-0.05, 0) is 26.0 Å². The standard InChI is InChI=1S/C11H13FO2S/c1-11(2,7-10(13)14)15-9-6-4-3-5-8(9)12/h3-6H,7H2,1-2H3,(H,13,14). The topological polar surface area (TPSA) is 37.3 Å². The van der Waals surface area contributed by atoms with E-state index in [0.29, 0.717) is 4.90 Å². The van der Waals surface area contributed by atoms with Crippen molar-refractivity contribution in [2.24, 2.45) is 0 Å². The molecule has 4 heteroatoms. The second-order valence-corrected chi connectivity index (χ2v) is 5.61. The highest BCUT2D eigenvalue weighted by Crippen LogP contribution is 2.36. The first-order valence-electron chi connectivity index (χ1n) is 4.56. The number of carbonyl (C=O) groups is 1. The number of aliphatic carboxylic acids is 1. The summed E-state index contributed by atoms with van der Waals surface area (Å²) in [5.74, 6) is -1.18. The van der Waals surface area contributed by atoms with Crippen molar-refractivity contribution in [3.05, 3.63) is 30.1 Å². The molecular weight excluding hydrogens is 215 g/mol. The molecule has 15 heavy (non-hydrogen) atoms. The Kier molecular flexibility index (Phi) is 3.74. The smallest absolute Gasteiger partial charge is 0.304 e. The maximum atomic E-state index is 13.3. The molecule has 0 radical (unpaired) electrons. The zero-order valence-electron chi connectivity index (χ0n) is 8.66. The predicted molar refractivity (Wildman–Crippen MR) is 58.6 cm³/mol. The van der Waals surface area contributed by atoms with E-state index in [-0.39, 0.29) is 12.2 Å². The van der Waals surface area contributed by atoms with Gasteiger partial charge in [0.1, 0.15) is 5.82 Å². The molecule has 2 nitrogen and oxygen atoms in total. The first-order valence-corrected chi connectivity index (χ1v) is 5.38. The average Bonchev–Trinajstić information content (AvgIpc) is 2.06. The van der Waals surface area contributed by atoms with E-state index in [9.17, 15) is 9.18 Å². The third-order valence-electron chi connectivity index (χ3n) is 1.80. The molecule has 0 atom stereocenters. The summed E-state index contributed by atoms with van der Waals surface area (Å²) in [4.78, 5) is 11.1. The Bertz CT molecular complexity index is 363. The summed E-state index contributed by atoms with van der Waals surface area (Å²) in [7, 11) is 0. The number of hydrogen-bond acceptors (Lipinski definition) is 2. The summed E-state index contributed by atoms with van der Waals surface area (Å²) in [5, 5.41) is 8.69. The largest absolute Gasteiger partial charge is 0.481 e. The van der Waals surface area contributed by atoms with Gasteiger partial charge in [0.2, 0.25) is 0 Å². The van der Waals surface area contributed by atoms with E-state index >= 15 is 0 Å². The molecule has 1 N–H and O–H groups in total. The zero-order valence-corrected chi connectivity index (χ0v) is 9.47. The van der Waals surface area contributed by atoms with Crippen LogP contribution in [0.15, 0.2) is 29.2 Å². The molecule has 0 aliphatic heterocycles. The fourth-order valence-electron chi connectivity index (χ4n) is 1.23. The minimum absolute atomic E-state index is 0.00595. The summed E-state index contributed by atoms with van der Waals surface area (Å²) in [6, 6.07) is 6.38. The van der Waals surface area contributed by atoms with E-state index in [4.69, 9.17) is 5.11 Å². The van der Waals surface area contributed by atoms with Crippen LogP contribution < -0.4 is 0 Å². The van der Waals surface area contributed by atoms with Crippen LogP contribution in [0.3, 0.4) is 0 Å². The molecule has 0 aliphatic rings. The molecule has 0 saturated heterocycles. The molecule has 0 aliphatic carbocycles. The van der Waals surface area contributed by atoms with Gasteiger partial charge in [-0.2, -0.15) is 0 Å². The molecule has 1 rings (SSSR count). The van der Waals surface area contributed by atoms with Gasteiger partial charge < -0.3 is 5.11 Å². The van der Waals surface area contributed by atoms with Crippen molar-refractivity contribution in [3.63, 3.8) is 0 Å². The Labute approximate surface area is 92.5 Å². The van der Waals surface area contributed by atoms with Crippen LogP contribution in [0.5, 0.6) is 0 Å². The lowest BCUT2D eigenvalue weighted by atomic mass is 10.1. The van der Waals surface area contributed by atoms with Gasteiger partial charge in [-0.3, -0.25) is 4.79 Å². The van der Waals surface area contributed by atoms with Gasteiger partial charge in [0.25, 0.3) is 0 Å². The van der Waals surface area contributed by atoms with E-state index in [1.54, 1.807) is 32.0 Å². The molecule has 0 fully saturated rings. The molecule has 0 amide bonds. The van der Waals surface area contributed by atoms with Gasteiger partial charge in [0.15, 0.2) is 0 Å². The number of rotatable bonds is 4. The molecule has 0 heterocycles. The van der Waals surface area contributed by atoms with Gasteiger partial charge in [0.05, 0.1) is 6.42 Å². The molecule has 0 spiro atoms. The highest BCUT2D eigenvalue weighted by atomic mass is 32.2. The highest BCUT2D eigenvalue weighted by molar-refractivity contribution is 8.00. The Hall–Kier alpha value is -1.03. The van der Waals surface area contributed by atoms with Crippen molar-refractivity contribution in [1.82, 2.24) is 0 Å². The van der Waals surface area contributed by atoms with Gasteiger partial charge >= 0.3 is 5.97 Å². The minimum Gasteiger partial charge on any atom is -0.481 e. The average molecular weight is 228 g/mol. The fourth-order valence-corrected chi connectivity index (χ4v) is 2.33. The molecule has 0 aromatic heterocycles. The molecule has 0 saturated carbocycles. The Morgan fingerprint density at radius 3 is 2.60 bits per heavy atom. The summed E-state index contributed by atoms with van der Waals surface area (Å²) in [6.45, 7) is 3.58. The maximum absolute atomic E-state index is 13.3. The molecular formula is C11H13FO2S. The van der Waals surface area contributed by atoms with Crippen LogP contribution in [-0.2, 0) is 4.79 Å². The number of carboxylic acids is 1. The van der Waals surface area contributed by atoms with Gasteiger partial charge in [-0.1, -0.05) is 12.1 Å². The van der Waals surface area contributed by atoms with Crippen molar-refractivity contribution >= 4 is 17.7 Å². The monoisotopic (exact) mass is 228 g/mol. The summed E-state index contributed by atoms with van der Waals surface area (Å²) >= 11 is 1.24. The lowest BCUT2D eigenvalue weighted by molar-refractivity contribution is -0.137. The summed E-state index contributed by atoms with van der Waals surface area (Å²) in [5.41, 5.74) is 0. The third-order valence-corrected chi connectivity index (χ3v) is 3.05. The van der Waals surface area contributed by atoms with E-state index in [0.717, 1.165) is 0 Å². The van der Waals surface area contributed by atoms with Crippen LogP contribution >= 0.6 is 11.8 Å². The van der Waals surface area contributed by atoms with E-state index in [1.807, 2.05) is 0 Å². The van der Waals surface area contributed by atoms with E-state index in [1.165, 1.54) is 17.8 Å². The highest BCUT2D eigenvalue weighted by Gasteiger charge is 2.24. The minimum atomic E-state index is -0.871. The lowest BCUT2D eigenvalue weighted by Crippen LogP contribution is -2.19. The Balaban J connectivity index is 2.77. The van der Waals surface area contributed by atoms with Gasteiger partial charge in [-0.25, -0.2) is 4.39 Å². The predicted octanol–water partition coefficient (Wildman–Crippen LogP) is 3.17. The van der Waals surface area contributed by atoms with Crippen LogP contribution in [0.25, 0.3) is 0 Å². The molecule has 82 valence electrons. The first kappa shape index (κ1) is 12.0. The second-order valence-electron chi connectivity index (χ2n) is 3.86. The number of benzene rings is 1. The SMILES string of the molecule is CC(C)(CC(=O)O)Sc1ccccc1F. The third kappa shape index (κ3) is 3.91. The number of halogens is 1. The van der Waals surface area contributed by atoms with Crippen molar-refractivity contribution < 1.29 is 14.3 Å². The van der Waals surface area contributed by atoms with Crippen LogP contribution in [0.4, 0.5) is 4.39 Å². The fraction of sp³-hybridized carbons (Fsp3) is 0.364. The van der Waals surface area contributed by atoms with Gasteiger partial charge in [0, 0.05) is 9.64 Å². The van der Waals surface area contributed by atoms with Crippen molar-refractivity contribution in [3.8, 4) is 0 Å². The van der Waals surface area contributed by atoms with E-state index in [2.05, 4.69) is 0 Å². The Morgan fingerprint density at radius 2 is 2.07 bits per heavy atom. The van der Waals surface area contributed by atoms with Crippen LogP contribution in [0.2, 0.25) is 0 Å². The van der Waals surface area contributed by atoms with Crippen molar-refractivity contribution in [2.75, 3.05) is 0 Å².